The summed E-state index contributed by atoms with van der Waals surface area (Å²) in [4.78, 5) is 17.0. The average molecular weight is 439 g/mol. The molecular weight excluding hydrogens is 419 g/mol. The third kappa shape index (κ3) is 4.82. The Morgan fingerprint density at radius 3 is 2.73 bits per heavy atom. The second-order valence-electron chi connectivity index (χ2n) is 6.62. The normalized spacial score (nSPS) is 13.6. The van der Waals surface area contributed by atoms with Crippen molar-refractivity contribution in [1.82, 2.24) is 14.9 Å². The summed E-state index contributed by atoms with van der Waals surface area (Å²) in [5.41, 5.74) is -2.93. The van der Waals surface area contributed by atoms with Crippen LogP contribution >= 0.6 is 11.3 Å². The number of ether oxygens (including phenoxy) is 1. The fraction of sp³-hybridized carbons (Fsp3) is 0.300. The maximum atomic E-state index is 13.5. The zero-order valence-corrected chi connectivity index (χ0v) is 16.8. The lowest BCUT2D eigenvalue weighted by Crippen LogP contribution is -2.46. The molecule has 1 unspecified atom stereocenters. The first-order valence-corrected chi connectivity index (χ1v) is 9.89. The first-order valence-electron chi connectivity index (χ1n) is 9.01. The third-order valence-electron chi connectivity index (χ3n) is 4.49. The zero-order chi connectivity index (χ0) is 21.8. The second kappa shape index (κ2) is 8.88. The van der Waals surface area contributed by atoms with Crippen molar-refractivity contribution in [3.63, 3.8) is 0 Å². The van der Waals surface area contributed by atoms with Crippen LogP contribution in [0.1, 0.15) is 27.5 Å². The van der Waals surface area contributed by atoms with Crippen LogP contribution in [0, 0.1) is 0 Å². The molecule has 0 aliphatic rings. The summed E-state index contributed by atoms with van der Waals surface area (Å²) in [7, 11) is 1.36. The van der Waals surface area contributed by atoms with E-state index < -0.39 is 36.5 Å². The van der Waals surface area contributed by atoms with E-state index in [2.05, 4.69) is 10.3 Å². The fourth-order valence-corrected chi connectivity index (χ4v) is 3.50. The molecule has 30 heavy (non-hydrogen) atoms. The number of hydrogen-bond donors (Lipinski definition) is 2. The molecule has 1 atom stereocenters. The number of carbonyl (C=O) groups is 1. The molecule has 2 aromatic heterocycles. The summed E-state index contributed by atoms with van der Waals surface area (Å²) < 4.78 is 47.3. The van der Waals surface area contributed by atoms with Gasteiger partial charge in [0, 0.05) is 42.8 Å². The summed E-state index contributed by atoms with van der Waals surface area (Å²) in [5, 5.41) is 14.6. The predicted molar refractivity (Wildman–Crippen MR) is 105 cm³/mol. The van der Waals surface area contributed by atoms with E-state index in [9.17, 15) is 23.1 Å². The fourth-order valence-electron chi connectivity index (χ4n) is 2.88. The van der Waals surface area contributed by atoms with Crippen molar-refractivity contribution in [2.24, 2.45) is 7.05 Å². The molecule has 3 aromatic rings. The Bertz CT molecular complexity index is 989. The molecule has 0 saturated heterocycles. The van der Waals surface area contributed by atoms with Crippen molar-refractivity contribution >= 4 is 17.2 Å². The van der Waals surface area contributed by atoms with Gasteiger partial charge in [-0.25, -0.2) is 4.98 Å². The van der Waals surface area contributed by atoms with Crippen LogP contribution in [0.25, 0.3) is 0 Å². The summed E-state index contributed by atoms with van der Waals surface area (Å²) in [6.07, 6.45) is -3.24. The van der Waals surface area contributed by atoms with Crippen LogP contribution in [-0.2, 0) is 19.3 Å². The monoisotopic (exact) mass is 439 g/mol. The lowest BCUT2D eigenvalue weighted by atomic mass is 9.97. The number of amides is 1. The van der Waals surface area contributed by atoms with Gasteiger partial charge < -0.3 is 19.7 Å². The highest BCUT2D eigenvalue weighted by atomic mass is 32.1. The molecule has 10 heteroatoms. The number of thiophene rings is 1. The van der Waals surface area contributed by atoms with Crippen LogP contribution in [0.15, 0.2) is 54.2 Å². The molecule has 0 aliphatic carbocycles. The molecule has 6 nitrogen and oxygen atoms in total. The van der Waals surface area contributed by atoms with Gasteiger partial charge in [-0.15, -0.1) is 11.3 Å². The number of aromatic nitrogens is 2. The maximum Gasteiger partial charge on any atom is 0.424 e. The first-order chi connectivity index (χ1) is 14.2. The number of nitrogens with zero attached hydrogens (tertiary/aromatic N) is 2. The lowest BCUT2D eigenvalue weighted by Gasteiger charge is -2.30. The number of benzene rings is 1. The number of nitrogens with one attached hydrogen (secondary N) is 1. The standard InChI is InChI=1S/C20H20F3N3O3S/c1-26-10-9-25-18(26)19(28,20(21,22)23)7-8-24-17(27)14-4-2-5-15(12-14)29-13-16-6-3-11-30-16/h2-6,9-12,28H,7-8,13H2,1H3,(H,24,27). The molecule has 0 aliphatic heterocycles. The highest BCUT2D eigenvalue weighted by molar-refractivity contribution is 7.09. The highest BCUT2D eigenvalue weighted by Gasteiger charge is 2.57. The highest BCUT2D eigenvalue weighted by Crippen LogP contribution is 2.40. The van der Waals surface area contributed by atoms with Crippen LogP contribution in [-0.4, -0.2) is 33.3 Å². The number of imidazole rings is 1. The largest absolute Gasteiger partial charge is 0.488 e. The van der Waals surface area contributed by atoms with E-state index in [4.69, 9.17) is 4.74 Å². The Balaban J connectivity index is 1.62. The Morgan fingerprint density at radius 2 is 2.10 bits per heavy atom. The van der Waals surface area contributed by atoms with Crippen molar-refractivity contribution in [3.8, 4) is 5.75 Å². The van der Waals surface area contributed by atoms with E-state index >= 15 is 0 Å². The molecule has 160 valence electrons. The van der Waals surface area contributed by atoms with E-state index in [1.54, 1.807) is 23.5 Å². The Labute approximate surface area is 174 Å². The molecule has 3 rings (SSSR count). The van der Waals surface area contributed by atoms with Gasteiger partial charge in [0.05, 0.1) is 0 Å². The van der Waals surface area contributed by atoms with Crippen LogP contribution < -0.4 is 10.1 Å². The minimum absolute atomic E-state index is 0.242. The molecule has 1 aromatic carbocycles. The van der Waals surface area contributed by atoms with E-state index in [1.165, 1.54) is 31.6 Å². The van der Waals surface area contributed by atoms with Gasteiger partial charge in [-0.3, -0.25) is 4.79 Å². The minimum atomic E-state index is -4.95. The number of halogens is 3. The van der Waals surface area contributed by atoms with Gasteiger partial charge in [-0.1, -0.05) is 12.1 Å². The Kier molecular flexibility index (Phi) is 6.47. The zero-order valence-electron chi connectivity index (χ0n) is 16.0. The van der Waals surface area contributed by atoms with Crippen LogP contribution in [0.3, 0.4) is 0 Å². The summed E-state index contributed by atoms with van der Waals surface area (Å²) >= 11 is 1.54. The minimum Gasteiger partial charge on any atom is -0.488 e. The predicted octanol–water partition coefficient (Wildman–Crippen LogP) is 3.63. The van der Waals surface area contributed by atoms with E-state index in [-0.39, 0.29) is 5.56 Å². The summed E-state index contributed by atoms with van der Waals surface area (Å²) in [6, 6.07) is 10.2. The number of hydrogen-bond acceptors (Lipinski definition) is 5. The second-order valence-corrected chi connectivity index (χ2v) is 7.65. The van der Waals surface area contributed by atoms with Gasteiger partial charge in [0.2, 0.25) is 5.60 Å². The quantitative estimate of drug-likeness (QED) is 0.562. The number of rotatable bonds is 8. The van der Waals surface area contributed by atoms with Gasteiger partial charge in [0.15, 0.2) is 0 Å². The molecule has 1 amide bonds. The van der Waals surface area contributed by atoms with Crippen LogP contribution in [0.5, 0.6) is 5.75 Å². The van der Waals surface area contributed by atoms with Crippen molar-refractivity contribution in [2.75, 3.05) is 6.54 Å². The van der Waals surface area contributed by atoms with Crippen LogP contribution in [0.2, 0.25) is 0 Å². The first kappa shape index (κ1) is 21.8. The molecule has 2 N–H and O–H groups in total. The van der Waals surface area contributed by atoms with Gasteiger partial charge in [0.1, 0.15) is 18.2 Å². The van der Waals surface area contributed by atoms with Crippen molar-refractivity contribution in [1.29, 1.82) is 0 Å². The van der Waals surface area contributed by atoms with Gasteiger partial charge >= 0.3 is 6.18 Å². The van der Waals surface area contributed by atoms with Crippen LogP contribution in [0.4, 0.5) is 13.2 Å². The number of aliphatic hydroxyl groups is 1. The smallest absolute Gasteiger partial charge is 0.424 e. The Morgan fingerprint density at radius 1 is 1.30 bits per heavy atom. The van der Waals surface area contributed by atoms with Crippen molar-refractivity contribution in [3.05, 3.63) is 70.4 Å². The van der Waals surface area contributed by atoms with Crippen molar-refractivity contribution in [2.45, 2.75) is 24.8 Å². The van der Waals surface area contributed by atoms with Gasteiger partial charge in [-0.05, 0) is 29.6 Å². The van der Waals surface area contributed by atoms with E-state index in [0.717, 1.165) is 9.44 Å². The molecule has 0 bridgehead atoms. The summed E-state index contributed by atoms with van der Waals surface area (Å²) in [6.45, 7) is -0.0486. The number of alkyl halides is 3. The number of aryl methyl sites for hydroxylation is 1. The Hall–Kier alpha value is -2.85. The topological polar surface area (TPSA) is 76.4 Å². The van der Waals surface area contributed by atoms with Gasteiger partial charge in [-0.2, -0.15) is 13.2 Å². The summed E-state index contributed by atoms with van der Waals surface area (Å²) in [5.74, 6) is -0.634. The SMILES string of the molecule is Cn1ccnc1C(O)(CCNC(=O)c1cccc(OCc2cccs2)c1)C(F)(F)F. The average Bonchev–Trinajstić information content (AvgIpc) is 3.37. The molecule has 0 saturated carbocycles. The number of carbonyl (C=O) groups excluding carboxylic acids is 1. The lowest BCUT2D eigenvalue weighted by molar-refractivity contribution is -0.272. The molecule has 0 radical (unpaired) electrons. The van der Waals surface area contributed by atoms with Gasteiger partial charge in [0.25, 0.3) is 5.91 Å². The molecule has 0 fully saturated rings. The maximum absolute atomic E-state index is 13.5. The molecule has 0 spiro atoms. The van der Waals surface area contributed by atoms with E-state index in [0.29, 0.717) is 12.4 Å². The van der Waals surface area contributed by atoms with E-state index in [1.807, 2.05) is 17.5 Å². The molecule has 2 heterocycles. The van der Waals surface area contributed by atoms with Crippen molar-refractivity contribution < 1.29 is 27.8 Å². The molecular formula is C20H20F3N3O3S. The third-order valence-corrected chi connectivity index (χ3v) is 5.34.